The smallest absolute Gasteiger partial charge is 0.263 e. The minimum absolute atomic E-state index is 0.0778. The number of hydrogen-bond acceptors (Lipinski definition) is 6. The van der Waals surface area contributed by atoms with Crippen molar-refractivity contribution in [2.45, 2.75) is 31.1 Å². The average Bonchev–Trinajstić information content (AvgIpc) is 2.77. The van der Waals surface area contributed by atoms with Crippen molar-refractivity contribution >= 4 is 37.8 Å². The molecule has 1 amide bonds. The van der Waals surface area contributed by atoms with Crippen molar-refractivity contribution in [1.82, 2.24) is 5.32 Å². The second kappa shape index (κ2) is 6.23. The molecule has 1 aromatic rings. The molecule has 3 N–H and O–H groups in total. The molecule has 0 spiro atoms. The van der Waals surface area contributed by atoms with Crippen LogP contribution in [-0.2, 0) is 9.84 Å². The van der Waals surface area contributed by atoms with Gasteiger partial charge >= 0.3 is 0 Å². The van der Waals surface area contributed by atoms with Gasteiger partial charge in [0.2, 0.25) is 0 Å². The highest BCUT2D eigenvalue weighted by Crippen LogP contribution is 2.42. The highest BCUT2D eigenvalue weighted by atomic mass is 32.2. The first-order valence-electron chi connectivity index (χ1n) is 7.01. The zero-order valence-corrected chi connectivity index (χ0v) is 13.9. The Morgan fingerprint density at radius 2 is 1.95 bits per heavy atom. The normalized spacial score (nSPS) is 16.0. The topological polar surface area (TPSA) is 92.5 Å². The molecule has 0 bridgehead atoms. The molecular formula is C13H21N3O3S2. The van der Waals surface area contributed by atoms with Gasteiger partial charge in [-0.25, -0.2) is 8.42 Å². The second-order valence-corrected chi connectivity index (χ2v) is 8.11. The van der Waals surface area contributed by atoms with E-state index in [0.29, 0.717) is 11.5 Å². The van der Waals surface area contributed by atoms with Gasteiger partial charge in [-0.1, -0.05) is 0 Å². The summed E-state index contributed by atoms with van der Waals surface area (Å²) in [5, 5.41) is 3.28. The third-order valence-corrected chi connectivity index (χ3v) is 5.99. The lowest BCUT2D eigenvalue weighted by atomic mass is 10.1. The summed E-state index contributed by atoms with van der Waals surface area (Å²) in [4.78, 5) is 14.5. The minimum Gasteiger partial charge on any atom is -0.396 e. The van der Waals surface area contributed by atoms with Crippen LogP contribution in [0.25, 0.3) is 0 Å². The van der Waals surface area contributed by atoms with Gasteiger partial charge in [0.25, 0.3) is 5.91 Å². The second-order valence-electron chi connectivity index (χ2n) is 5.16. The third kappa shape index (κ3) is 3.32. The Labute approximate surface area is 129 Å². The summed E-state index contributed by atoms with van der Waals surface area (Å²) in [5.74, 6) is -0.312. The molecule has 0 aliphatic carbocycles. The van der Waals surface area contributed by atoms with Gasteiger partial charge in [-0.15, -0.1) is 11.3 Å². The minimum atomic E-state index is -3.48. The number of nitrogens with two attached hydrogens (primary N) is 1. The van der Waals surface area contributed by atoms with Crippen LogP contribution in [0.5, 0.6) is 0 Å². The molecular weight excluding hydrogens is 310 g/mol. The first-order valence-corrected chi connectivity index (χ1v) is 9.72. The molecule has 1 aliphatic rings. The molecule has 8 heteroatoms. The van der Waals surface area contributed by atoms with Gasteiger partial charge in [0.05, 0.1) is 5.69 Å². The number of thiophene rings is 1. The van der Waals surface area contributed by atoms with Gasteiger partial charge < -0.3 is 16.0 Å². The maximum Gasteiger partial charge on any atom is 0.263 e. The van der Waals surface area contributed by atoms with Crippen molar-refractivity contribution in [2.24, 2.45) is 0 Å². The van der Waals surface area contributed by atoms with E-state index in [-0.39, 0.29) is 21.4 Å². The number of rotatable bonds is 4. The lowest BCUT2D eigenvalue weighted by Crippen LogP contribution is -2.29. The number of nitrogen functional groups attached to an aromatic ring is 1. The predicted molar refractivity (Wildman–Crippen MR) is 85.9 cm³/mol. The molecule has 2 heterocycles. The van der Waals surface area contributed by atoms with E-state index in [1.54, 1.807) is 0 Å². The number of carbonyl (C=O) groups excluding carboxylic acids is 1. The van der Waals surface area contributed by atoms with E-state index in [0.717, 1.165) is 38.6 Å². The molecule has 21 heavy (non-hydrogen) atoms. The van der Waals surface area contributed by atoms with Crippen LogP contribution in [0.2, 0.25) is 0 Å². The summed E-state index contributed by atoms with van der Waals surface area (Å²) in [6.45, 7) is 3.89. The van der Waals surface area contributed by atoms with Crippen LogP contribution in [0.3, 0.4) is 0 Å². The Hall–Kier alpha value is -1.28. The van der Waals surface area contributed by atoms with E-state index < -0.39 is 9.84 Å². The molecule has 0 radical (unpaired) electrons. The first-order chi connectivity index (χ1) is 9.86. The number of nitrogens with zero attached hydrogens (tertiary/aromatic N) is 1. The molecule has 6 nitrogen and oxygen atoms in total. The Kier molecular flexibility index (Phi) is 4.77. The molecule has 1 aliphatic heterocycles. The monoisotopic (exact) mass is 331 g/mol. The van der Waals surface area contributed by atoms with Crippen molar-refractivity contribution in [3.63, 3.8) is 0 Å². The number of hydrogen-bond donors (Lipinski definition) is 2. The molecule has 1 saturated heterocycles. The van der Waals surface area contributed by atoms with Gasteiger partial charge in [-0.3, -0.25) is 4.79 Å². The number of piperidine rings is 1. The molecule has 0 aromatic carbocycles. The van der Waals surface area contributed by atoms with Gasteiger partial charge in [-0.2, -0.15) is 0 Å². The lowest BCUT2D eigenvalue weighted by molar-refractivity contribution is 0.0960. The van der Waals surface area contributed by atoms with Gasteiger partial charge in [0.15, 0.2) is 9.84 Å². The number of carbonyl (C=O) groups is 1. The largest absolute Gasteiger partial charge is 0.396 e. The predicted octanol–water partition coefficient (Wildman–Crippen LogP) is 1.47. The molecule has 1 aromatic heterocycles. The van der Waals surface area contributed by atoms with Crippen molar-refractivity contribution in [3.05, 3.63) is 4.88 Å². The molecule has 118 valence electrons. The molecule has 0 atom stereocenters. The molecule has 0 unspecified atom stereocenters. The summed E-state index contributed by atoms with van der Waals surface area (Å²) < 4.78 is 24.2. The van der Waals surface area contributed by atoms with Gasteiger partial charge in [0, 0.05) is 25.9 Å². The van der Waals surface area contributed by atoms with Crippen LogP contribution < -0.4 is 16.0 Å². The van der Waals surface area contributed by atoms with E-state index >= 15 is 0 Å². The first kappa shape index (κ1) is 16.1. The van der Waals surface area contributed by atoms with E-state index in [2.05, 4.69) is 5.32 Å². The quantitative estimate of drug-likeness (QED) is 0.871. The molecule has 1 fully saturated rings. The van der Waals surface area contributed by atoms with Crippen LogP contribution in [0.15, 0.2) is 4.90 Å². The summed E-state index contributed by atoms with van der Waals surface area (Å²) in [7, 11) is -3.48. The van der Waals surface area contributed by atoms with Crippen molar-refractivity contribution in [3.8, 4) is 0 Å². The number of amides is 1. The van der Waals surface area contributed by atoms with Crippen molar-refractivity contribution in [2.75, 3.05) is 36.5 Å². The van der Waals surface area contributed by atoms with Crippen LogP contribution in [0.4, 0.5) is 10.7 Å². The van der Waals surface area contributed by atoms with Gasteiger partial charge in [0.1, 0.15) is 14.8 Å². The SMILES string of the molecule is CCNC(=O)c1sc(N2CCCCC2)c(S(C)(=O)=O)c1N. The average molecular weight is 331 g/mol. The zero-order chi connectivity index (χ0) is 15.6. The number of sulfone groups is 1. The Morgan fingerprint density at radius 3 is 2.48 bits per heavy atom. The maximum atomic E-state index is 12.1. The Bertz CT molecular complexity index is 631. The van der Waals surface area contributed by atoms with Crippen molar-refractivity contribution in [1.29, 1.82) is 0 Å². The van der Waals surface area contributed by atoms with Crippen LogP contribution >= 0.6 is 11.3 Å². The van der Waals surface area contributed by atoms with Gasteiger partial charge in [-0.05, 0) is 26.2 Å². The molecule has 2 rings (SSSR count). The highest BCUT2D eigenvalue weighted by molar-refractivity contribution is 7.91. The summed E-state index contributed by atoms with van der Waals surface area (Å²) in [5.41, 5.74) is 6.05. The van der Waals surface area contributed by atoms with E-state index in [1.807, 2.05) is 11.8 Å². The Balaban J connectivity index is 2.52. The summed E-state index contributed by atoms with van der Waals surface area (Å²) >= 11 is 1.18. The lowest BCUT2D eigenvalue weighted by Gasteiger charge is -2.28. The van der Waals surface area contributed by atoms with Crippen LogP contribution in [-0.4, -0.2) is 40.2 Å². The van der Waals surface area contributed by atoms with Crippen LogP contribution in [0.1, 0.15) is 35.9 Å². The zero-order valence-electron chi connectivity index (χ0n) is 12.3. The summed E-state index contributed by atoms with van der Waals surface area (Å²) in [6, 6.07) is 0. The van der Waals surface area contributed by atoms with E-state index in [9.17, 15) is 13.2 Å². The maximum absolute atomic E-state index is 12.1. The van der Waals surface area contributed by atoms with Crippen LogP contribution in [0, 0.1) is 0 Å². The van der Waals surface area contributed by atoms with E-state index in [1.165, 1.54) is 11.3 Å². The number of anilines is 2. The fraction of sp³-hybridized carbons (Fsp3) is 0.615. The van der Waals surface area contributed by atoms with Crippen molar-refractivity contribution < 1.29 is 13.2 Å². The standard InChI is InChI=1S/C13H21N3O3S2/c1-3-15-12(17)10-9(14)11(21(2,18)19)13(20-10)16-7-5-4-6-8-16/h3-8,14H2,1-2H3,(H,15,17). The fourth-order valence-electron chi connectivity index (χ4n) is 2.49. The summed E-state index contributed by atoms with van der Waals surface area (Å²) in [6.07, 6.45) is 4.34. The highest BCUT2D eigenvalue weighted by Gasteiger charge is 2.30. The Morgan fingerprint density at radius 1 is 1.33 bits per heavy atom. The van der Waals surface area contributed by atoms with E-state index in [4.69, 9.17) is 5.73 Å². The third-order valence-electron chi connectivity index (χ3n) is 3.44. The number of nitrogens with one attached hydrogen (secondary N) is 1. The fourth-order valence-corrected chi connectivity index (χ4v) is 5.17. The molecule has 0 saturated carbocycles.